The standard InChI is InChI=1S/C13H23NO/c1-9-3-5-11(6-4-9)8-14-13(15)12-7-10(12)2/h9-12H,3-8H2,1-2H3,(H,14,15)/t9?,10-,11?,12-/m0/s1. The Hall–Kier alpha value is -0.530. The van der Waals surface area contributed by atoms with Gasteiger partial charge in [0.05, 0.1) is 0 Å². The molecular formula is C13H23NO. The van der Waals surface area contributed by atoms with Crippen molar-refractivity contribution >= 4 is 5.91 Å². The lowest BCUT2D eigenvalue weighted by atomic mass is 9.83. The first-order valence-electron chi connectivity index (χ1n) is 6.44. The fourth-order valence-corrected chi connectivity index (χ4v) is 2.60. The summed E-state index contributed by atoms with van der Waals surface area (Å²) in [6, 6.07) is 0. The van der Waals surface area contributed by atoms with E-state index in [0.29, 0.717) is 17.7 Å². The lowest BCUT2D eigenvalue weighted by Gasteiger charge is -2.26. The van der Waals surface area contributed by atoms with E-state index in [-0.39, 0.29) is 0 Å². The maximum Gasteiger partial charge on any atom is 0.223 e. The van der Waals surface area contributed by atoms with Crippen LogP contribution in [0.5, 0.6) is 0 Å². The van der Waals surface area contributed by atoms with Gasteiger partial charge in [0.2, 0.25) is 5.91 Å². The van der Waals surface area contributed by atoms with Crippen molar-refractivity contribution < 1.29 is 4.79 Å². The van der Waals surface area contributed by atoms with Gasteiger partial charge in [-0.25, -0.2) is 0 Å². The molecule has 1 N–H and O–H groups in total. The Morgan fingerprint density at radius 1 is 1.20 bits per heavy atom. The molecule has 2 nitrogen and oxygen atoms in total. The van der Waals surface area contributed by atoms with E-state index in [9.17, 15) is 4.79 Å². The van der Waals surface area contributed by atoms with Gasteiger partial charge >= 0.3 is 0 Å². The van der Waals surface area contributed by atoms with Crippen LogP contribution in [0.2, 0.25) is 0 Å². The molecule has 0 aromatic rings. The maximum atomic E-state index is 11.6. The molecule has 2 heteroatoms. The third kappa shape index (κ3) is 2.96. The number of carbonyl (C=O) groups is 1. The summed E-state index contributed by atoms with van der Waals surface area (Å²) in [7, 11) is 0. The highest BCUT2D eigenvalue weighted by molar-refractivity contribution is 5.81. The second kappa shape index (κ2) is 4.54. The molecule has 0 bridgehead atoms. The van der Waals surface area contributed by atoms with Gasteiger partial charge in [-0.1, -0.05) is 26.7 Å². The summed E-state index contributed by atoms with van der Waals surface area (Å²) < 4.78 is 0. The van der Waals surface area contributed by atoms with Gasteiger partial charge in [0, 0.05) is 12.5 Å². The quantitative estimate of drug-likeness (QED) is 0.760. The smallest absolute Gasteiger partial charge is 0.223 e. The van der Waals surface area contributed by atoms with Gasteiger partial charge in [-0.3, -0.25) is 4.79 Å². The first-order chi connectivity index (χ1) is 7.16. The highest BCUT2D eigenvalue weighted by Crippen LogP contribution is 2.37. The second-order valence-corrected chi connectivity index (χ2v) is 5.69. The van der Waals surface area contributed by atoms with Crippen LogP contribution in [0, 0.1) is 23.7 Å². The van der Waals surface area contributed by atoms with E-state index >= 15 is 0 Å². The third-order valence-electron chi connectivity index (χ3n) is 4.15. The molecule has 2 fully saturated rings. The van der Waals surface area contributed by atoms with Crippen molar-refractivity contribution in [2.24, 2.45) is 23.7 Å². The molecule has 0 saturated heterocycles. The summed E-state index contributed by atoms with van der Waals surface area (Å²) in [4.78, 5) is 11.6. The van der Waals surface area contributed by atoms with Crippen LogP contribution in [0.3, 0.4) is 0 Å². The predicted octanol–water partition coefficient (Wildman–Crippen LogP) is 2.58. The minimum atomic E-state index is 0.307. The Labute approximate surface area is 92.8 Å². The molecule has 2 aliphatic rings. The van der Waals surface area contributed by atoms with Gasteiger partial charge in [0.25, 0.3) is 0 Å². The fraction of sp³-hybridized carbons (Fsp3) is 0.923. The van der Waals surface area contributed by atoms with E-state index in [0.717, 1.165) is 24.8 Å². The van der Waals surface area contributed by atoms with Crippen LogP contribution >= 0.6 is 0 Å². The van der Waals surface area contributed by atoms with Crippen LogP contribution in [0.1, 0.15) is 46.0 Å². The second-order valence-electron chi connectivity index (χ2n) is 5.69. The number of rotatable bonds is 3. The first-order valence-corrected chi connectivity index (χ1v) is 6.44. The van der Waals surface area contributed by atoms with E-state index in [1.54, 1.807) is 0 Å². The van der Waals surface area contributed by atoms with Crippen LogP contribution in [0.4, 0.5) is 0 Å². The summed E-state index contributed by atoms with van der Waals surface area (Å²) in [6.45, 7) is 5.42. The normalized spacial score (nSPS) is 39.9. The number of nitrogens with one attached hydrogen (secondary N) is 1. The van der Waals surface area contributed by atoms with Crippen molar-refractivity contribution in [1.82, 2.24) is 5.32 Å². The van der Waals surface area contributed by atoms with Crippen LogP contribution in [0.15, 0.2) is 0 Å². The van der Waals surface area contributed by atoms with E-state index in [4.69, 9.17) is 0 Å². The number of amides is 1. The molecule has 2 rings (SSSR count). The SMILES string of the molecule is CC1CCC(CNC(=O)[C@H]2C[C@@H]2C)CC1. The summed E-state index contributed by atoms with van der Waals surface area (Å²) in [5, 5.41) is 3.12. The first kappa shape index (κ1) is 11.0. The van der Waals surface area contributed by atoms with E-state index in [1.165, 1.54) is 25.7 Å². The molecule has 0 aliphatic heterocycles. The fourth-order valence-electron chi connectivity index (χ4n) is 2.60. The lowest BCUT2D eigenvalue weighted by molar-refractivity contribution is -0.122. The van der Waals surface area contributed by atoms with Crippen LogP contribution in [0.25, 0.3) is 0 Å². The summed E-state index contributed by atoms with van der Waals surface area (Å²) in [5.41, 5.74) is 0. The van der Waals surface area contributed by atoms with E-state index < -0.39 is 0 Å². The topological polar surface area (TPSA) is 29.1 Å². The van der Waals surface area contributed by atoms with Crippen LogP contribution in [-0.2, 0) is 4.79 Å². The van der Waals surface area contributed by atoms with E-state index in [1.807, 2.05) is 0 Å². The Kier molecular flexibility index (Phi) is 3.32. The molecule has 15 heavy (non-hydrogen) atoms. The minimum absolute atomic E-state index is 0.307. The van der Waals surface area contributed by atoms with Gasteiger partial charge < -0.3 is 5.32 Å². The Bertz CT molecular complexity index is 231. The van der Waals surface area contributed by atoms with Crippen molar-refractivity contribution in [1.29, 1.82) is 0 Å². The van der Waals surface area contributed by atoms with Gasteiger partial charge in [-0.15, -0.1) is 0 Å². The van der Waals surface area contributed by atoms with Crippen LogP contribution < -0.4 is 5.32 Å². The largest absolute Gasteiger partial charge is 0.356 e. The molecule has 0 spiro atoms. The molecule has 2 atom stereocenters. The van der Waals surface area contributed by atoms with Gasteiger partial charge in [0.1, 0.15) is 0 Å². The van der Waals surface area contributed by atoms with E-state index in [2.05, 4.69) is 19.2 Å². The molecule has 0 radical (unpaired) electrons. The Morgan fingerprint density at radius 3 is 2.33 bits per heavy atom. The molecular weight excluding hydrogens is 186 g/mol. The molecule has 2 saturated carbocycles. The molecule has 0 unspecified atom stereocenters. The predicted molar refractivity (Wildman–Crippen MR) is 61.4 cm³/mol. The zero-order valence-corrected chi connectivity index (χ0v) is 9.96. The zero-order chi connectivity index (χ0) is 10.8. The zero-order valence-electron chi connectivity index (χ0n) is 9.96. The molecule has 1 amide bonds. The third-order valence-corrected chi connectivity index (χ3v) is 4.15. The Morgan fingerprint density at radius 2 is 1.80 bits per heavy atom. The highest BCUT2D eigenvalue weighted by Gasteiger charge is 2.39. The summed E-state index contributed by atoms with van der Waals surface area (Å²) in [5.74, 6) is 2.93. The van der Waals surface area contributed by atoms with Crippen molar-refractivity contribution in [2.75, 3.05) is 6.54 Å². The summed E-state index contributed by atoms with van der Waals surface area (Å²) in [6.07, 6.45) is 6.41. The van der Waals surface area contributed by atoms with Crippen molar-refractivity contribution in [3.05, 3.63) is 0 Å². The average Bonchev–Trinajstić information content (AvgIpc) is 2.94. The number of hydrogen-bond donors (Lipinski definition) is 1. The molecule has 0 heterocycles. The molecule has 86 valence electrons. The molecule has 0 aromatic carbocycles. The highest BCUT2D eigenvalue weighted by atomic mass is 16.2. The van der Waals surface area contributed by atoms with Gasteiger partial charge in [-0.05, 0) is 37.0 Å². The van der Waals surface area contributed by atoms with Gasteiger partial charge in [0.15, 0.2) is 0 Å². The monoisotopic (exact) mass is 209 g/mol. The van der Waals surface area contributed by atoms with Crippen molar-refractivity contribution in [2.45, 2.75) is 46.0 Å². The van der Waals surface area contributed by atoms with Crippen LogP contribution in [-0.4, -0.2) is 12.5 Å². The minimum Gasteiger partial charge on any atom is -0.356 e. The van der Waals surface area contributed by atoms with Crippen molar-refractivity contribution in [3.63, 3.8) is 0 Å². The maximum absolute atomic E-state index is 11.6. The lowest BCUT2D eigenvalue weighted by Crippen LogP contribution is -2.32. The van der Waals surface area contributed by atoms with Gasteiger partial charge in [-0.2, -0.15) is 0 Å². The average molecular weight is 209 g/mol. The summed E-state index contributed by atoms with van der Waals surface area (Å²) >= 11 is 0. The molecule has 0 aromatic heterocycles. The number of carbonyl (C=O) groups excluding carboxylic acids is 1. The number of hydrogen-bond acceptors (Lipinski definition) is 1. The van der Waals surface area contributed by atoms with Crippen molar-refractivity contribution in [3.8, 4) is 0 Å². The Balaban J connectivity index is 1.63. The molecule has 2 aliphatic carbocycles.